The fraction of sp³-hybridized carbons (Fsp3) is 0.227. The summed E-state index contributed by atoms with van der Waals surface area (Å²) in [6, 6.07) is 19.2. The van der Waals surface area contributed by atoms with Gasteiger partial charge in [0.1, 0.15) is 5.69 Å². The zero-order chi connectivity index (χ0) is 19.9. The van der Waals surface area contributed by atoms with E-state index in [1.807, 2.05) is 74.5 Å². The monoisotopic (exact) mass is 376 g/mol. The van der Waals surface area contributed by atoms with E-state index in [0.29, 0.717) is 24.3 Å². The molecule has 0 radical (unpaired) electrons. The number of aromatic nitrogens is 2. The molecule has 0 aliphatic carbocycles. The maximum Gasteiger partial charge on any atom is 0.258 e. The molecule has 1 heterocycles. The highest BCUT2D eigenvalue weighted by atomic mass is 16.2. The van der Waals surface area contributed by atoms with Gasteiger partial charge in [-0.15, -0.1) is 0 Å². The van der Waals surface area contributed by atoms with E-state index in [1.54, 1.807) is 10.9 Å². The standard InChI is InChI=1S/C22H24N4O2/c1-3-23-20(27)16-25(4-2)22(28)19-15-26(18-13-9-6-10-14-18)24-21(19)17-11-7-5-8-12-17/h5-15H,3-4,16H2,1-2H3,(H,23,27). The van der Waals surface area contributed by atoms with Crippen LogP contribution in [0.25, 0.3) is 16.9 Å². The summed E-state index contributed by atoms with van der Waals surface area (Å²) in [6.07, 6.45) is 1.74. The minimum Gasteiger partial charge on any atom is -0.355 e. The molecule has 6 nitrogen and oxygen atoms in total. The van der Waals surface area contributed by atoms with Crippen LogP contribution in [-0.4, -0.2) is 46.1 Å². The first-order chi connectivity index (χ1) is 13.6. The second-order valence-electron chi connectivity index (χ2n) is 6.31. The van der Waals surface area contributed by atoms with Crippen LogP contribution in [0.2, 0.25) is 0 Å². The summed E-state index contributed by atoms with van der Waals surface area (Å²) in [5.74, 6) is -0.385. The van der Waals surface area contributed by atoms with Gasteiger partial charge in [-0.25, -0.2) is 4.68 Å². The Bertz CT molecular complexity index is 936. The van der Waals surface area contributed by atoms with E-state index < -0.39 is 0 Å². The zero-order valence-electron chi connectivity index (χ0n) is 16.1. The predicted molar refractivity (Wildman–Crippen MR) is 109 cm³/mol. The summed E-state index contributed by atoms with van der Waals surface area (Å²) in [4.78, 5) is 26.8. The van der Waals surface area contributed by atoms with Gasteiger partial charge in [0, 0.05) is 24.8 Å². The van der Waals surface area contributed by atoms with E-state index in [2.05, 4.69) is 10.4 Å². The summed E-state index contributed by atoms with van der Waals surface area (Å²) in [5, 5.41) is 7.41. The lowest BCUT2D eigenvalue weighted by Gasteiger charge is -2.20. The van der Waals surface area contributed by atoms with Crippen molar-refractivity contribution in [3.8, 4) is 16.9 Å². The van der Waals surface area contributed by atoms with Crippen molar-refractivity contribution >= 4 is 11.8 Å². The molecule has 0 atom stereocenters. The molecule has 3 rings (SSSR count). The first-order valence-corrected chi connectivity index (χ1v) is 9.40. The molecule has 0 unspecified atom stereocenters. The van der Waals surface area contributed by atoms with Gasteiger partial charge < -0.3 is 10.2 Å². The van der Waals surface area contributed by atoms with Gasteiger partial charge in [-0.2, -0.15) is 5.10 Å². The summed E-state index contributed by atoms with van der Waals surface area (Å²) < 4.78 is 1.70. The van der Waals surface area contributed by atoms with Crippen molar-refractivity contribution in [1.82, 2.24) is 20.0 Å². The molecule has 0 saturated heterocycles. The molecule has 28 heavy (non-hydrogen) atoms. The number of rotatable bonds is 7. The van der Waals surface area contributed by atoms with Crippen LogP contribution in [0.15, 0.2) is 66.9 Å². The lowest BCUT2D eigenvalue weighted by molar-refractivity contribution is -0.121. The molecule has 3 aromatic rings. The molecule has 6 heteroatoms. The predicted octanol–water partition coefficient (Wildman–Crippen LogP) is 3.14. The summed E-state index contributed by atoms with van der Waals surface area (Å²) in [6.45, 7) is 4.70. The Hall–Kier alpha value is -3.41. The molecule has 1 aromatic heterocycles. The Labute approximate surface area is 164 Å². The number of hydrogen-bond donors (Lipinski definition) is 1. The molecule has 0 saturated carbocycles. The van der Waals surface area contributed by atoms with Gasteiger partial charge in [0.05, 0.1) is 17.8 Å². The van der Waals surface area contributed by atoms with E-state index in [-0.39, 0.29) is 18.4 Å². The number of hydrogen-bond acceptors (Lipinski definition) is 3. The van der Waals surface area contributed by atoms with Crippen LogP contribution in [0.5, 0.6) is 0 Å². The number of carbonyl (C=O) groups is 2. The Morgan fingerprint density at radius 1 is 1.00 bits per heavy atom. The summed E-state index contributed by atoms with van der Waals surface area (Å²) in [7, 11) is 0. The molecule has 1 N–H and O–H groups in total. The largest absolute Gasteiger partial charge is 0.355 e. The SMILES string of the molecule is CCNC(=O)CN(CC)C(=O)c1cn(-c2ccccc2)nc1-c1ccccc1. The average molecular weight is 376 g/mol. The first kappa shape index (κ1) is 19.4. The van der Waals surface area contributed by atoms with E-state index in [0.717, 1.165) is 11.3 Å². The Balaban J connectivity index is 2.01. The molecule has 0 bridgehead atoms. The maximum absolute atomic E-state index is 13.2. The van der Waals surface area contributed by atoms with Gasteiger partial charge in [-0.05, 0) is 26.0 Å². The summed E-state index contributed by atoms with van der Waals surface area (Å²) >= 11 is 0. The fourth-order valence-corrected chi connectivity index (χ4v) is 2.98. The molecule has 0 fully saturated rings. The fourth-order valence-electron chi connectivity index (χ4n) is 2.98. The van der Waals surface area contributed by atoms with Crippen LogP contribution in [0.3, 0.4) is 0 Å². The van der Waals surface area contributed by atoms with Crippen molar-refractivity contribution in [2.75, 3.05) is 19.6 Å². The Kier molecular flexibility index (Phi) is 6.22. The van der Waals surface area contributed by atoms with Crippen LogP contribution >= 0.6 is 0 Å². The maximum atomic E-state index is 13.2. The quantitative estimate of drug-likeness (QED) is 0.689. The van der Waals surface area contributed by atoms with Gasteiger partial charge in [0.2, 0.25) is 5.91 Å². The molecule has 2 amide bonds. The second kappa shape index (κ2) is 8.99. The number of likely N-dealkylation sites (N-methyl/N-ethyl adjacent to an activating group) is 2. The van der Waals surface area contributed by atoms with Crippen molar-refractivity contribution in [3.63, 3.8) is 0 Å². The number of para-hydroxylation sites is 1. The number of benzene rings is 2. The summed E-state index contributed by atoms with van der Waals surface area (Å²) in [5.41, 5.74) is 2.80. The smallest absolute Gasteiger partial charge is 0.258 e. The molecule has 2 aromatic carbocycles. The van der Waals surface area contributed by atoms with Crippen LogP contribution in [-0.2, 0) is 4.79 Å². The molecule has 144 valence electrons. The topological polar surface area (TPSA) is 67.2 Å². The molecule has 0 aliphatic heterocycles. The second-order valence-corrected chi connectivity index (χ2v) is 6.31. The third kappa shape index (κ3) is 4.28. The number of amides is 2. The van der Waals surface area contributed by atoms with Crippen molar-refractivity contribution < 1.29 is 9.59 Å². The van der Waals surface area contributed by atoms with Crippen LogP contribution in [0, 0.1) is 0 Å². The third-order valence-corrected chi connectivity index (χ3v) is 4.39. The van der Waals surface area contributed by atoms with Gasteiger partial charge in [0.25, 0.3) is 5.91 Å². The van der Waals surface area contributed by atoms with Gasteiger partial charge in [0.15, 0.2) is 0 Å². The highest BCUT2D eigenvalue weighted by Gasteiger charge is 2.24. The average Bonchev–Trinajstić information content (AvgIpc) is 3.18. The van der Waals surface area contributed by atoms with Crippen LogP contribution in [0.1, 0.15) is 24.2 Å². The Morgan fingerprint density at radius 3 is 2.25 bits per heavy atom. The van der Waals surface area contributed by atoms with Crippen molar-refractivity contribution in [2.45, 2.75) is 13.8 Å². The lowest BCUT2D eigenvalue weighted by Crippen LogP contribution is -2.40. The number of nitrogens with one attached hydrogen (secondary N) is 1. The van der Waals surface area contributed by atoms with Crippen LogP contribution in [0.4, 0.5) is 0 Å². The molecular weight excluding hydrogens is 352 g/mol. The molecule has 0 aliphatic rings. The highest BCUT2D eigenvalue weighted by molar-refractivity contribution is 6.01. The third-order valence-electron chi connectivity index (χ3n) is 4.39. The number of nitrogens with zero attached hydrogens (tertiary/aromatic N) is 3. The van der Waals surface area contributed by atoms with Gasteiger partial charge >= 0.3 is 0 Å². The minimum absolute atomic E-state index is 0.0217. The lowest BCUT2D eigenvalue weighted by atomic mass is 10.1. The molecular formula is C22H24N4O2. The minimum atomic E-state index is -0.213. The van der Waals surface area contributed by atoms with E-state index >= 15 is 0 Å². The van der Waals surface area contributed by atoms with Gasteiger partial charge in [-0.3, -0.25) is 9.59 Å². The highest BCUT2D eigenvalue weighted by Crippen LogP contribution is 2.25. The van der Waals surface area contributed by atoms with Crippen molar-refractivity contribution in [1.29, 1.82) is 0 Å². The van der Waals surface area contributed by atoms with E-state index in [4.69, 9.17) is 0 Å². The van der Waals surface area contributed by atoms with Crippen molar-refractivity contribution in [3.05, 3.63) is 72.4 Å². The molecule has 0 spiro atoms. The Morgan fingerprint density at radius 2 is 1.64 bits per heavy atom. The van der Waals surface area contributed by atoms with Crippen molar-refractivity contribution in [2.24, 2.45) is 0 Å². The first-order valence-electron chi connectivity index (χ1n) is 9.40. The number of carbonyl (C=O) groups excluding carboxylic acids is 2. The normalized spacial score (nSPS) is 10.5. The van der Waals surface area contributed by atoms with Gasteiger partial charge in [-0.1, -0.05) is 48.5 Å². The van der Waals surface area contributed by atoms with Crippen LogP contribution < -0.4 is 5.32 Å². The van der Waals surface area contributed by atoms with E-state index in [1.165, 1.54) is 4.90 Å². The van der Waals surface area contributed by atoms with E-state index in [9.17, 15) is 9.59 Å². The zero-order valence-corrected chi connectivity index (χ0v) is 16.1.